The summed E-state index contributed by atoms with van der Waals surface area (Å²) in [6, 6.07) is 4.55. The number of carboxylic acid groups (broad SMARTS) is 1. The number of carbonyl (C=O) groups excluding carboxylic acids is 1. The maximum atomic E-state index is 13.4. The van der Waals surface area contributed by atoms with Crippen molar-refractivity contribution in [1.29, 1.82) is 0 Å². The summed E-state index contributed by atoms with van der Waals surface area (Å²) in [4.78, 5) is 23.0. The lowest BCUT2D eigenvalue weighted by atomic mass is 10.1. The van der Waals surface area contributed by atoms with Crippen LogP contribution in [0, 0.1) is 5.82 Å². The monoisotopic (exact) mass is 281 g/mol. The van der Waals surface area contributed by atoms with Gasteiger partial charge in [-0.1, -0.05) is 44.7 Å². The first kappa shape index (κ1) is 16.1. The summed E-state index contributed by atoms with van der Waals surface area (Å²) in [7, 11) is 0. The predicted molar refractivity (Wildman–Crippen MR) is 74.0 cm³/mol. The Morgan fingerprint density at radius 2 is 1.95 bits per heavy atom. The SMILES string of the molecule is CCCCCC[C@@H](NC(=O)c1ccccc1F)C(=O)O. The molecule has 4 nitrogen and oxygen atoms in total. The van der Waals surface area contributed by atoms with E-state index < -0.39 is 23.7 Å². The summed E-state index contributed by atoms with van der Waals surface area (Å²) in [6.45, 7) is 2.06. The molecule has 0 bridgehead atoms. The van der Waals surface area contributed by atoms with Gasteiger partial charge in [-0.2, -0.15) is 0 Å². The second-order valence-electron chi connectivity index (χ2n) is 4.69. The lowest BCUT2D eigenvalue weighted by Gasteiger charge is -2.14. The van der Waals surface area contributed by atoms with Crippen molar-refractivity contribution in [3.8, 4) is 0 Å². The number of aliphatic carboxylic acids is 1. The highest BCUT2D eigenvalue weighted by molar-refractivity contribution is 5.96. The van der Waals surface area contributed by atoms with Gasteiger partial charge in [0.1, 0.15) is 11.9 Å². The van der Waals surface area contributed by atoms with Gasteiger partial charge < -0.3 is 10.4 Å². The number of halogens is 1. The third-order valence-corrected chi connectivity index (χ3v) is 3.07. The summed E-state index contributed by atoms with van der Waals surface area (Å²) >= 11 is 0. The van der Waals surface area contributed by atoms with E-state index in [1.807, 2.05) is 0 Å². The molecule has 0 saturated carbocycles. The number of rotatable bonds is 8. The van der Waals surface area contributed by atoms with Gasteiger partial charge in [0.05, 0.1) is 5.56 Å². The van der Waals surface area contributed by atoms with Gasteiger partial charge in [-0.15, -0.1) is 0 Å². The zero-order valence-electron chi connectivity index (χ0n) is 11.6. The number of unbranched alkanes of at least 4 members (excludes halogenated alkanes) is 3. The molecule has 1 rings (SSSR count). The minimum Gasteiger partial charge on any atom is -0.480 e. The Morgan fingerprint density at radius 1 is 1.25 bits per heavy atom. The van der Waals surface area contributed by atoms with Crippen LogP contribution < -0.4 is 5.32 Å². The van der Waals surface area contributed by atoms with Crippen molar-refractivity contribution in [1.82, 2.24) is 5.32 Å². The van der Waals surface area contributed by atoms with E-state index in [-0.39, 0.29) is 5.56 Å². The Balaban J connectivity index is 2.59. The molecule has 110 valence electrons. The van der Waals surface area contributed by atoms with E-state index in [4.69, 9.17) is 5.11 Å². The molecule has 0 fully saturated rings. The molecule has 0 aliphatic heterocycles. The predicted octanol–water partition coefficient (Wildman–Crippen LogP) is 2.98. The molecule has 0 aromatic heterocycles. The summed E-state index contributed by atoms with van der Waals surface area (Å²) in [6.07, 6.45) is 4.10. The molecule has 0 spiro atoms. The van der Waals surface area contributed by atoms with E-state index in [2.05, 4.69) is 12.2 Å². The van der Waals surface area contributed by atoms with Gasteiger partial charge in [0.2, 0.25) is 0 Å². The minimum atomic E-state index is -1.09. The van der Waals surface area contributed by atoms with Crippen molar-refractivity contribution >= 4 is 11.9 Å². The fourth-order valence-corrected chi connectivity index (χ4v) is 1.91. The van der Waals surface area contributed by atoms with E-state index in [0.717, 1.165) is 25.7 Å². The maximum Gasteiger partial charge on any atom is 0.326 e. The summed E-state index contributed by atoms with van der Waals surface area (Å²) in [5.74, 6) is -2.43. The third-order valence-electron chi connectivity index (χ3n) is 3.07. The molecule has 1 aromatic carbocycles. The van der Waals surface area contributed by atoms with E-state index in [9.17, 15) is 14.0 Å². The second kappa shape index (κ2) is 8.30. The zero-order valence-corrected chi connectivity index (χ0v) is 11.6. The van der Waals surface area contributed by atoms with Crippen molar-refractivity contribution in [3.63, 3.8) is 0 Å². The van der Waals surface area contributed by atoms with Crippen LogP contribution >= 0.6 is 0 Å². The number of hydrogen-bond acceptors (Lipinski definition) is 2. The maximum absolute atomic E-state index is 13.4. The molecule has 1 aromatic rings. The van der Waals surface area contributed by atoms with Gasteiger partial charge in [-0.05, 0) is 18.6 Å². The average Bonchev–Trinajstić information content (AvgIpc) is 2.42. The molecule has 1 atom stereocenters. The van der Waals surface area contributed by atoms with Gasteiger partial charge in [-0.3, -0.25) is 4.79 Å². The normalized spacial score (nSPS) is 11.9. The molecule has 1 amide bonds. The molecule has 0 saturated heterocycles. The van der Waals surface area contributed by atoms with Crippen LogP contribution in [0.1, 0.15) is 49.4 Å². The first-order chi connectivity index (χ1) is 9.56. The van der Waals surface area contributed by atoms with Gasteiger partial charge in [0, 0.05) is 0 Å². The topological polar surface area (TPSA) is 66.4 Å². The molecule has 20 heavy (non-hydrogen) atoms. The highest BCUT2D eigenvalue weighted by Crippen LogP contribution is 2.09. The number of hydrogen-bond donors (Lipinski definition) is 2. The summed E-state index contributed by atoms with van der Waals surface area (Å²) in [5.41, 5.74) is -0.132. The molecule has 5 heteroatoms. The van der Waals surface area contributed by atoms with Crippen molar-refractivity contribution in [2.24, 2.45) is 0 Å². The molecule has 0 heterocycles. The number of amides is 1. The standard InChI is InChI=1S/C15H20FNO3/c1-2-3-4-5-10-13(15(19)20)17-14(18)11-8-6-7-9-12(11)16/h6-9,13H,2-5,10H2,1H3,(H,17,18)(H,19,20)/t13-/m1/s1. The lowest BCUT2D eigenvalue weighted by molar-refractivity contribution is -0.139. The Labute approximate surface area is 118 Å². The van der Waals surface area contributed by atoms with Crippen LogP contribution in [0.5, 0.6) is 0 Å². The van der Waals surface area contributed by atoms with Gasteiger partial charge in [-0.25, -0.2) is 9.18 Å². The van der Waals surface area contributed by atoms with Crippen LogP contribution in [-0.2, 0) is 4.79 Å². The van der Waals surface area contributed by atoms with Gasteiger partial charge in [0.15, 0.2) is 0 Å². The van der Waals surface area contributed by atoms with Crippen LogP contribution in [0.2, 0.25) is 0 Å². The van der Waals surface area contributed by atoms with Crippen molar-refractivity contribution in [3.05, 3.63) is 35.6 Å². The van der Waals surface area contributed by atoms with Crippen LogP contribution in [0.15, 0.2) is 24.3 Å². The largest absolute Gasteiger partial charge is 0.480 e. The second-order valence-corrected chi connectivity index (χ2v) is 4.69. The molecule has 0 unspecified atom stereocenters. The van der Waals surface area contributed by atoms with Crippen LogP contribution in [0.4, 0.5) is 4.39 Å². The summed E-state index contributed by atoms with van der Waals surface area (Å²) in [5, 5.41) is 11.5. The molecule has 0 radical (unpaired) electrons. The Bertz CT molecular complexity index is 462. The van der Waals surface area contributed by atoms with Crippen molar-refractivity contribution in [2.45, 2.75) is 45.1 Å². The first-order valence-corrected chi connectivity index (χ1v) is 6.84. The molecule has 0 aliphatic carbocycles. The van der Waals surface area contributed by atoms with Gasteiger partial charge in [0.25, 0.3) is 5.91 Å². The number of benzene rings is 1. The number of carboxylic acids is 1. The first-order valence-electron chi connectivity index (χ1n) is 6.84. The van der Waals surface area contributed by atoms with Gasteiger partial charge >= 0.3 is 5.97 Å². The molecule has 2 N–H and O–H groups in total. The van der Waals surface area contributed by atoms with Crippen molar-refractivity contribution in [2.75, 3.05) is 0 Å². The number of carbonyl (C=O) groups is 2. The molecular formula is C15H20FNO3. The molecule has 0 aliphatic rings. The van der Waals surface area contributed by atoms with E-state index in [1.165, 1.54) is 24.3 Å². The fourth-order valence-electron chi connectivity index (χ4n) is 1.91. The van der Waals surface area contributed by atoms with Crippen LogP contribution in [0.25, 0.3) is 0 Å². The lowest BCUT2D eigenvalue weighted by Crippen LogP contribution is -2.41. The Hall–Kier alpha value is -1.91. The Kier molecular flexibility index (Phi) is 6.70. The van der Waals surface area contributed by atoms with E-state index in [0.29, 0.717) is 6.42 Å². The fraction of sp³-hybridized carbons (Fsp3) is 0.467. The van der Waals surface area contributed by atoms with Crippen LogP contribution in [-0.4, -0.2) is 23.0 Å². The van der Waals surface area contributed by atoms with Crippen LogP contribution in [0.3, 0.4) is 0 Å². The average molecular weight is 281 g/mol. The van der Waals surface area contributed by atoms with Crippen molar-refractivity contribution < 1.29 is 19.1 Å². The summed E-state index contributed by atoms with van der Waals surface area (Å²) < 4.78 is 13.4. The Morgan fingerprint density at radius 3 is 2.55 bits per heavy atom. The molecular weight excluding hydrogens is 261 g/mol. The minimum absolute atomic E-state index is 0.132. The quantitative estimate of drug-likeness (QED) is 0.720. The highest BCUT2D eigenvalue weighted by Gasteiger charge is 2.21. The zero-order chi connectivity index (χ0) is 15.0. The number of nitrogens with one attached hydrogen (secondary N) is 1. The highest BCUT2D eigenvalue weighted by atomic mass is 19.1. The van der Waals surface area contributed by atoms with E-state index >= 15 is 0 Å². The third kappa shape index (κ3) is 4.99. The smallest absolute Gasteiger partial charge is 0.326 e. The van der Waals surface area contributed by atoms with E-state index in [1.54, 1.807) is 0 Å².